The van der Waals surface area contributed by atoms with Gasteiger partial charge >= 0.3 is 0 Å². The zero-order valence-corrected chi connectivity index (χ0v) is 20.2. The lowest BCUT2D eigenvalue weighted by atomic mass is 9.95. The fourth-order valence-corrected chi connectivity index (χ4v) is 4.92. The summed E-state index contributed by atoms with van der Waals surface area (Å²) in [4.78, 5) is 29.2. The molecule has 0 unspecified atom stereocenters. The van der Waals surface area contributed by atoms with Crippen LogP contribution in [0.25, 0.3) is 11.1 Å². The van der Waals surface area contributed by atoms with E-state index in [9.17, 15) is 9.59 Å². The van der Waals surface area contributed by atoms with Crippen LogP contribution >= 0.6 is 11.3 Å². The van der Waals surface area contributed by atoms with Crippen LogP contribution < -0.4 is 16.0 Å². The molecule has 2 amide bonds. The van der Waals surface area contributed by atoms with E-state index in [1.165, 1.54) is 43.4 Å². The van der Waals surface area contributed by atoms with Crippen LogP contribution in [0.5, 0.6) is 0 Å². The molecule has 3 aromatic rings. The summed E-state index contributed by atoms with van der Waals surface area (Å²) in [6.45, 7) is 1.59. The van der Waals surface area contributed by atoms with Crippen molar-refractivity contribution in [1.82, 2.24) is 15.6 Å². The number of amides is 2. The Morgan fingerprint density at radius 1 is 0.912 bits per heavy atom. The van der Waals surface area contributed by atoms with Crippen LogP contribution in [0.4, 0.5) is 5.13 Å². The van der Waals surface area contributed by atoms with Gasteiger partial charge in [0, 0.05) is 23.5 Å². The summed E-state index contributed by atoms with van der Waals surface area (Å²) in [7, 11) is 0. The number of benzene rings is 2. The van der Waals surface area contributed by atoms with Gasteiger partial charge in [-0.15, -0.1) is 11.3 Å². The van der Waals surface area contributed by atoms with E-state index >= 15 is 0 Å². The SMILES string of the molecule is O=C(Cc1csc(NC(=O)c2ccc(-c3ccccc3)cc2)n1)NCCCNC1CCCCC1. The summed E-state index contributed by atoms with van der Waals surface area (Å²) < 4.78 is 0. The fourth-order valence-electron chi connectivity index (χ4n) is 4.22. The molecule has 0 radical (unpaired) electrons. The van der Waals surface area contributed by atoms with Crippen LogP contribution in [0.3, 0.4) is 0 Å². The van der Waals surface area contributed by atoms with Gasteiger partial charge in [-0.05, 0) is 49.1 Å². The van der Waals surface area contributed by atoms with Gasteiger partial charge in [0.05, 0.1) is 12.1 Å². The van der Waals surface area contributed by atoms with Crippen LogP contribution in [0.15, 0.2) is 60.0 Å². The first kappa shape index (κ1) is 24.1. The molecule has 6 nitrogen and oxygen atoms in total. The van der Waals surface area contributed by atoms with Crippen LogP contribution in [0, 0.1) is 0 Å². The number of rotatable bonds is 10. The quantitative estimate of drug-likeness (QED) is 0.358. The number of nitrogens with one attached hydrogen (secondary N) is 3. The van der Waals surface area contributed by atoms with Crippen molar-refractivity contribution >= 4 is 28.3 Å². The molecule has 34 heavy (non-hydrogen) atoms. The van der Waals surface area contributed by atoms with Gasteiger partial charge in [-0.2, -0.15) is 0 Å². The molecule has 2 aromatic carbocycles. The zero-order chi connectivity index (χ0) is 23.6. The third-order valence-corrected chi connectivity index (χ3v) is 6.89. The van der Waals surface area contributed by atoms with Gasteiger partial charge in [0.15, 0.2) is 5.13 Å². The molecule has 3 N–H and O–H groups in total. The van der Waals surface area contributed by atoms with Gasteiger partial charge < -0.3 is 10.6 Å². The van der Waals surface area contributed by atoms with E-state index < -0.39 is 0 Å². The molecule has 0 spiro atoms. The maximum Gasteiger partial charge on any atom is 0.257 e. The van der Waals surface area contributed by atoms with Crippen LogP contribution in [0.2, 0.25) is 0 Å². The standard InChI is InChI=1S/C27H32N4O2S/c32-25(29-17-7-16-28-23-10-5-2-6-11-23)18-24-19-34-27(30-24)31-26(33)22-14-12-21(13-15-22)20-8-3-1-4-9-20/h1,3-4,8-9,12-15,19,23,28H,2,5-7,10-11,16-18H2,(H,29,32)(H,30,31,33). The van der Waals surface area contributed by atoms with E-state index in [4.69, 9.17) is 0 Å². The average Bonchev–Trinajstić information content (AvgIpc) is 3.31. The summed E-state index contributed by atoms with van der Waals surface area (Å²) in [6, 6.07) is 18.2. The van der Waals surface area contributed by atoms with Gasteiger partial charge in [-0.3, -0.25) is 14.9 Å². The highest BCUT2D eigenvalue weighted by molar-refractivity contribution is 7.14. The van der Waals surface area contributed by atoms with Crippen LogP contribution in [-0.2, 0) is 11.2 Å². The first-order valence-electron chi connectivity index (χ1n) is 12.1. The second kappa shape index (κ2) is 12.4. The molecule has 0 bridgehead atoms. The summed E-state index contributed by atoms with van der Waals surface area (Å²) in [6.07, 6.45) is 7.69. The third kappa shape index (κ3) is 7.23. The van der Waals surface area contributed by atoms with E-state index in [1.807, 2.05) is 60.0 Å². The van der Waals surface area contributed by atoms with Crippen molar-refractivity contribution in [2.75, 3.05) is 18.4 Å². The van der Waals surface area contributed by atoms with Crippen molar-refractivity contribution in [2.45, 2.75) is 51.0 Å². The van der Waals surface area contributed by atoms with Crippen molar-refractivity contribution in [1.29, 1.82) is 0 Å². The molecule has 1 aliphatic carbocycles. The Kier molecular flexibility index (Phi) is 8.82. The minimum Gasteiger partial charge on any atom is -0.356 e. The molecule has 1 aliphatic rings. The molecule has 1 heterocycles. The van der Waals surface area contributed by atoms with Gasteiger partial charge in [-0.25, -0.2) is 4.98 Å². The van der Waals surface area contributed by atoms with E-state index in [2.05, 4.69) is 20.9 Å². The second-order valence-electron chi connectivity index (χ2n) is 8.71. The van der Waals surface area contributed by atoms with Crippen molar-refractivity contribution in [3.63, 3.8) is 0 Å². The first-order valence-corrected chi connectivity index (χ1v) is 13.0. The molecule has 1 fully saturated rings. The molecule has 0 saturated heterocycles. The van der Waals surface area contributed by atoms with Gasteiger partial charge in [0.25, 0.3) is 5.91 Å². The lowest BCUT2D eigenvalue weighted by Gasteiger charge is -2.22. The number of carbonyl (C=O) groups is 2. The Labute approximate surface area is 205 Å². The Balaban J connectivity index is 1.18. The number of nitrogens with zero attached hydrogens (tertiary/aromatic N) is 1. The van der Waals surface area contributed by atoms with Crippen molar-refractivity contribution in [3.8, 4) is 11.1 Å². The minimum atomic E-state index is -0.213. The molecule has 7 heteroatoms. The summed E-state index contributed by atoms with van der Waals surface area (Å²) in [5.41, 5.74) is 3.40. The Bertz CT molecular complexity index is 1060. The number of carbonyl (C=O) groups excluding carboxylic acids is 2. The number of thiazole rings is 1. The predicted octanol–water partition coefficient (Wildman–Crippen LogP) is 5.03. The van der Waals surface area contributed by atoms with Crippen molar-refractivity contribution in [3.05, 3.63) is 71.2 Å². The topological polar surface area (TPSA) is 83.1 Å². The van der Waals surface area contributed by atoms with Crippen molar-refractivity contribution < 1.29 is 9.59 Å². The molecular formula is C27H32N4O2S. The zero-order valence-electron chi connectivity index (χ0n) is 19.4. The van der Waals surface area contributed by atoms with Gasteiger partial charge in [0.2, 0.25) is 5.91 Å². The Hall–Kier alpha value is -3.03. The number of hydrogen-bond acceptors (Lipinski definition) is 5. The average molecular weight is 477 g/mol. The number of hydrogen-bond donors (Lipinski definition) is 3. The van der Waals surface area contributed by atoms with E-state index in [-0.39, 0.29) is 18.2 Å². The van der Waals surface area contributed by atoms with E-state index in [0.717, 1.165) is 24.1 Å². The normalized spacial score (nSPS) is 14.0. The van der Waals surface area contributed by atoms with E-state index in [1.54, 1.807) is 0 Å². The summed E-state index contributed by atoms with van der Waals surface area (Å²) >= 11 is 1.33. The lowest BCUT2D eigenvalue weighted by molar-refractivity contribution is -0.120. The van der Waals surface area contributed by atoms with Crippen molar-refractivity contribution in [2.24, 2.45) is 0 Å². The maximum absolute atomic E-state index is 12.6. The van der Waals surface area contributed by atoms with E-state index in [0.29, 0.717) is 29.0 Å². The molecule has 4 rings (SSSR count). The predicted molar refractivity (Wildman–Crippen MR) is 138 cm³/mol. The smallest absolute Gasteiger partial charge is 0.257 e. The largest absolute Gasteiger partial charge is 0.356 e. The highest BCUT2D eigenvalue weighted by Gasteiger charge is 2.13. The van der Waals surface area contributed by atoms with Gasteiger partial charge in [-0.1, -0.05) is 61.7 Å². The van der Waals surface area contributed by atoms with Crippen LogP contribution in [0.1, 0.15) is 54.6 Å². The molecule has 1 saturated carbocycles. The molecule has 0 atom stereocenters. The first-order chi connectivity index (χ1) is 16.7. The van der Waals surface area contributed by atoms with Crippen LogP contribution in [-0.4, -0.2) is 35.9 Å². The minimum absolute atomic E-state index is 0.0441. The second-order valence-corrected chi connectivity index (χ2v) is 9.57. The molecule has 0 aliphatic heterocycles. The third-order valence-electron chi connectivity index (χ3n) is 6.08. The Morgan fingerprint density at radius 2 is 1.65 bits per heavy atom. The molecule has 1 aromatic heterocycles. The monoisotopic (exact) mass is 476 g/mol. The highest BCUT2D eigenvalue weighted by atomic mass is 32.1. The number of anilines is 1. The summed E-state index contributed by atoms with van der Waals surface area (Å²) in [5, 5.41) is 11.7. The molecular weight excluding hydrogens is 444 g/mol. The van der Waals surface area contributed by atoms with Gasteiger partial charge in [0.1, 0.15) is 0 Å². The summed E-state index contributed by atoms with van der Waals surface area (Å²) in [5.74, 6) is -0.257. The highest BCUT2D eigenvalue weighted by Crippen LogP contribution is 2.21. The molecule has 178 valence electrons. The lowest BCUT2D eigenvalue weighted by Crippen LogP contribution is -2.34. The fraction of sp³-hybridized carbons (Fsp3) is 0.370. The Morgan fingerprint density at radius 3 is 2.41 bits per heavy atom. The number of aromatic nitrogens is 1. The maximum atomic E-state index is 12.6.